The van der Waals surface area contributed by atoms with Crippen LogP contribution >= 0.6 is 0 Å². The van der Waals surface area contributed by atoms with E-state index in [9.17, 15) is 0 Å². The molecule has 2 aromatic rings. The predicted octanol–water partition coefficient (Wildman–Crippen LogP) is 2.53. The Bertz CT molecular complexity index is 353. The molecule has 0 fully saturated rings. The van der Waals surface area contributed by atoms with Gasteiger partial charge in [0, 0.05) is 0 Å². The molecule has 0 spiro atoms. The molecule has 0 heterocycles. The largest absolute Gasteiger partial charge is 0.0669 e. The van der Waals surface area contributed by atoms with Crippen LogP contribution in [0, 0.1) is 0 Å². The summed E-state index contributed by atoms with van der Waals surface area (Å²) in [6.07, 6.45) is 2.58. The minimum absolute atomic E-state index is 0.0273. The first-order valence-corrected chi connectivity index (χ1v) is 7.74. The molecule has 0 N–H and O–H groups in total. The fourth-order valence-electron chi connectivity index (χ4n) is 1.95. The zero-order chi connectivity index (χ0) is 11.1. The van der Waals surface area contributed by atoms with Gasteiger partial charge in [-0.15, -0.1) is 0 Å². The average Bonchev–Trinajstić information content (AvgIpc) is 2.37. The van der Waals surface area contributed by atoms with Crippen molar-refractivity contribution < 1.29 is 0 Å². The smallest absolute Gasteiger partial charge is 0.0547 e. The number of hydrogen-bond donors (Lipinski definition) is 0. The van der Waals surface area contributed by atoms with Crippen molar-refractivity contribution in [3.05, 3.63) is 66.2 Å². The Morgan fingerprint density at radius 2 is 1.38 bits per heavy atom. The normalized spacial score (nSPS) is 11.0. The summed E-state index contributed by atoms with van der Waals surface area (Å²) in [5, 5.41) is 1.59. The maximum atomic E-state index is 2.27. The lowest BCUT2D eigenvalue weighted by molar-refractivity contribution is 0.916. The Morgan fingerprint density at radius 3 is 2.06 bits per heavy atom. The van der Waals surface area contributed by atoms with Gasteiger partial charge in [0.15, 0.2) is 0 Å². The zero-order valence-electron chi connectivity index (χ0n) is 9.60. The fourth-order valence-corrected chi connectivity index (χ4v) is 3.46. The van der Waals surface area contributed by atoms with Crippen LogP contribution in [0.5, 0.6) is 0 Å². The summed E-state index contributed by atoms with van der Waals surface area (Å²) < 4.78 is 0. The molecule has 0 nitrogen and oxygen atoms in total. The van der Waals surface area contributed by atoms with Crippen molar-refractivity contribution in [2.75, 3.05) is 0 Å². The summed E-state index contributed by atoms with van der Waals surface area (Å²) in [7, 11) is -0.0273. The van der Waals surface area contributed by atoms with Gasteiger partial charge in [0.1, 0.15) is 0 Å². The van der Waals surface area contributed by atoms with Gasteiger partial charge in [-0.1, -0.05) is 78.3 Å². The van der Waals surface area contributed by atoms with Gasteiger partial charge < -0.3 is 0 Å². The molecule has 2 rings (SSSR count). The van der Waals surface area contributed by atoms with Gasteiger partial charge in [0.2, 0.25) is 0 Å². The number of benzene rings is 2. The van der Waals surface area contributed by atoms with E-state index in [2.05, 4.69) is 60.7 Å². The lowest BCUT2D eigenvalue weighted by atomic mass is 10.1. The van der Waals surface area contributed by atoms with Gasteiger partial charge in [-0.3, -0.25) is 0 Å². The molecule has 82 valence electrons. The van der Waals surface area contributed by atoms with Gasteiger partial charge in [0.25, 0.3) is 0 Å². The molecule has 0 radical (unpaired) electrons. The van der Waals surface area contributed by atoms with Crippen LogP contribution in [0.4, 0.5) is 0 Å². The highest BCUT2D eigenvalue weighted by atomic mass is 28.2. The van der Waals surface area contributed by atoms with Crippen molar-refractivity contribution in [2.45, 2.75) is 18.9 Å². The Kier molecular flexibility index (Phi) is 4.38. The molecule has 0 aliphatic carbocycles. The topological polar surface area (TPSA) is 0 Å². The van der Waals surface area contributed by atoms with Crippen LogP contribution < -0.4 is 5.19 Å². The van der Waals surface area contributed by atoms with Crippen LogP contribution in [0.25, 0.3) is 0 Å². The third-order valence-corrected chi connectivity index (χ3v) is 4.77. The lowest BCUT2D eigenvalue weighted by Crippen LogP contribution is -2.12. The van der Waals surface area contributed by atoms with Crippen LogP contribution in [-0.4, -0.2) is 9.52 Å². The second-order valence-corrected chi connectivity index (χ2v) is 6.20. The fraction of sp³-hybridized carbons (Fsp3) is 0.200. The summed E-state index contributed by atoms with van der Waals surface area (Å²) in [5.41, 5.74) is 1.48. The average molecular weight is 226 g/mol. The third kappa shape index (κ3) is 3.67. The van der Waals surface area contributed by atoms with Crippen molar-refractivity contribution in [3.8, 4) is 0 Å². The minimum Gasteiger partial charge on any atom is -0.0669 e. The zero-order valence-corrected chi connectivity index (χ0v) is 11.0. The first-order chi connectivity index (χ1) is 7.95. The number of hydrogen-bond acceptors (Lipinski definition) is 0. The highest BCUT2D eigenvalue weighted by molar-refractivity contribution is 6.53. The van der Waals surface area contributed by atoms with Crippen LogP contribution in [0.2, 0.25) is 6.04 Å². The molecule has 0 saturated carbocycles. The molecule has 0 saturated heterocycles. The highest BCUT2D eigenvalue weighted by Gasteiger charge is 1.94. The van der Waals surface area contributed by atoms with Crippen LogP contribution in [0.15, 0.2) is 60.7 Å². The molecule has 0 atom stereocenters. The standard InChI is InChI=1S/C15H18Si/c1-3-8-14(9-4-1)10-7-13-16-15-11-5-2-6-12-15/h1-6,8-9,11-12H,7,10,13,16H2. The Balaban J connectivity index is 1.70. The molecule has 0 amide bonds. The summed E-state index contributed by atoms with van der Waals surface area (Å²) >= 11 is 0. The van der Waals surface area contributed by atoms with Gasteiger partial charge >= 0.3 is 0 Å². The summed E-state index contributed by atoms with van der Waals surface area (Å²) in [5.74, 6) is 0. The second kappa shape index (κ2) is 6.29. The van der Waals surface area contributed by atoms with E-state index in [1.807, 2.05) is 0 Å². The minimum atomic E-state index is -0.0273. The van der Waals surface area contributed by atoms with Crippen molar-refractivity contribution in [3.63, 3.8) is 0 Å². The van der Waals surface area contributed by atoms with Gasteiger partial charge in [-0.2, -0.15) is 0 Å². The summed E-state index contributed by atoms with van der Waals surface area (Å²) in [4.78, 5) is 0. The Morgan fingerprint density at radius 1 is 0.750 bits per heavy atom. The van der Waals surface area contributed by atoms with E-state index in [0.717, 1.165) is 0 Å². The molecule has 0 aliphatic heterocycles. The monoisotopic (exact) mass is 226 g/mol. The molecule has 0 aliphatic rings. The Labute approximate surface area is 100 Å². The second-order valence-electron chi connectivity index (χ2n) is 4.18. The Hall–Kier alpha value is -1.34. The number of aryl methyl sites for hydroxylation is 1. The summed E-state index contributed by atoms with van der Waals surface area (Å²) in [6, 6.07) is 23.2. The quantitative estimate of drug-likeness (QED) is 0.543. The van der Waals surface area contributed by atoms with E-state index in [0.29, 0.717) is 0 Å². The van der Waals surface area contributed by atoms with Gasteiger partial charge in [-0.25, -0.2) is 0 Å². The molecular formula is C15H18Si. The SMILES string of the molecule is c1ccc(CCC[SiH2]c2ccccc2)cc1. The molecule has 16 heavy (non-hydrogen) atoms. The summed E-state index contributed by atoms with van der Waals surface area (Å²) in [6.45, 7) is 0. The molecule has 1 heteroatoms. The van der Waals surface area contributed by atoms with E-state index in [4.69, 9.17) is 0 Å². The van der Waals surface area contributed by atoms with E-state index < -0.39 is 0 Å². The molecule has 0 bridgehead atoms. The maximum Gasteiger partial charge on any atom is 0.0547 e. The van der Waals surface area contributed by atoms with Gasteiger partial charge in [0.05, 0.1) is 9.52 Å². The van der Waals surface area contributed by atoms with E-state index in [-0.39, 0.29) is 9.52 Å². The third-order valence-electron chi connectivity index (χ3n) is 2.87. The molecule has 0 aromatic heterocycles. The number of rotatable bonds is 5. The predicted molar refractivity (Wildman–Crippen MR) is 74.2 cm³/mol. The van der Waals surface area contributed by atoms with Crippen molar-refractivity contribution >= 4 is 14.7 Å². The first-order valence-electron chi connectivity index (χ1n) is 6.03. The van der Waals surface area contributed by atoms with Crippen molar-refractivity contribution in [2.24, 2.45) is 0 Å². The van der Waals surface area contributed by atoms with Crippen molar-refractivity contribution in [1.29, 1.82) is 0 Å². The molecule has 0 unspecified atom stereocenters. The lowest BCUT2D eigenvalue weighted by Gasteiger charge is -2.01. The first kappa shape index (κ1) is 11.2. The van der Waals surface area contributed by atoms with E-state index in [1.54, 1.807) is 5.19 Å². The highest BCUT2D eigenvalue weighted by Crippen LogP contribution is 2.04. The van der Waals surface area contributed by atoms with Gasteiger partial charge in [-0.05, 0) is 12.0 Å². The van der Waals surface area contributed by atoms with Crippen LogP contribution in [-0.2, 0) is 6.42 Å². The van der Waals surface area contributed by atoms with E-state index in [1.165, 1.54) is 24.4 Å². The van der Waals surface area contributed by atoms with E-state index >= 15 is 0 Å². The van der Waals surface area contributed by atoms with Crippen LogP contribution in [0.1, 0.15) is 12.0 Å². The molecular weight excluding hydrogens is 208 g/mol. The molecule has 2 aromatic carbocycles. The maximum absolute atomic E-state index is 2.27. The van der Waals surface area contributed by atoms with Crippen molar-refractivity contribution in [1.82, 2.24) is 0 Å². The van der Waals surface area contributed by atoms with Crippen LogP contribution in [0.3, 0.4) is 0 Å².